The zero-order valence-corrected chi connectivity index (χ0v) is 17.7. The Balaban J connectivity index is 1.68. The average molecular weight is 391 g/mol. The summed E-state index contributed by atoms with van der Waals surface area (Å²) in [5.74, 6) is 0. The largest absolute Gasteiger partial charge is 0.233 e. The maximum absolute atomic E-state index is 4.92. The van der Waals surface area contributed by atoms with Crippen LogP contribution in [-0.2, 0) is 6.42 Å². The highest BCUT2D eigenvalue weighted by Gasteiger charge is 2.15. The first-order valence-electron chi connectivity index (χ1n) is 9.15. The van der Waals surface area contributed by atoms with Crippen molar-refractivity contribution in [2.75, 3.05) is 0 Å². The molecule has 0 saturated heterocycles. The Morgan fingerprint density at radius 2 is 1.67 bits per heavy atom. The van der Waals surface area contributed by atoms with Crippen molar-refractivity contribution in [2.45, 2.75) is 34.1 Å². The molecule has 0 aliphatic rings. The van der Waals surface area contributed by atoms with E-state index in [1.165, 1.54) is 32.7 Å². The van der Waals surface area contributed by atoms with E-state index < -0.39 is 0 Å². The first-order valence-corrected chi connectivity index (χ1v) is 10.8. The van der Waals surface area contributed by atoms with Gasteiger partial charge in [0.15, 0.2) is 10.0 Å². The number of hydrogen-bond acceptors (Lipinski definition) is 4. The van der Waals surface area contributed by atoms with Crippen molar-refractivity contribution in [1.29, 1.82) is 0 Å². The van der Waals surface area contributed by atoms with Crippen molar-refractivity contribution < 1.29 is 0 Å². The predicted molar refractivity (Wildman–Crippen MR) is 118 cm³/mol. The molecule has 0 atom stereocenters. The maximum Gasteiger partial charge on any atom is 0.153 e. The van der Waals surface area contributed by atoms with Gasteiger partial charge in [-0.25, -0.2) is 9.97 Å². The van der Waals surface area contributed by atoms with E-state index in [9.17, 15) is 0 Å². The van der Waals surface area contributed by atoms with Crippen LogP contribution in [0.2, 0.25) is 0 Å². The third kappa shape index (κ3) is 3.60. The van der Waals surface area contributed by atoms with E-state index in [0.717, 1.165) is 27.8 Å². The molecular formula is C23H22N2S2. The fraction of sp³-hybridized carbons (Fsp3) is 0.217. The summed E-state index contributed by atoms with van der Waals surface area (Å²) >= 11 is 3.39. The highest BCUT2D eigenvalue weighted by Crippen LogP contribution is 2.36. The molecule has 136 valence electrons. The maximum atomic E-state index is 4.92. The van der Waals surface area contributed by atoms with Gasteiger partial charge in [-0.05, 0) is 38.3 Å². The number of thiazole rings is 2. The van der Waals surface area contributed by atoms with Gasteiger partial charge >= 0.3 is 0 Å². The minimum absolute atomic E-state index is 0.995. The second kappa shape index (κ2) is 7.37. The fourth-order valence-electron chi connectivity index (χ4n) is 3.25. The second-order valence-electron chi connectivity index (χ2n) is 6.83. The molecular weight excluding hydrogens is 368 g/mol. The van der Waals surface area contributed by atoms with Crippen LogP contribution in [0.3, 0.4) is 0 Å². The van der Waals surface area contributed by atoms with Crippen molar-refractivity contribution in [3.05, 3.63) is 69.4 Å². The molecule has 0 aliphatic carbocycles. The molecule has 0 aliphatic heterocycles. The van der Waals surface area contributed by atoms with Crippen LogP contribution >= 0.6 is 22.7 Å². The van der Waals surface area contributed by atoms with Crippen molar-refractivity contribution in [3.8, 4) is 32.5 Å². The zero-order chi connectivity index (χ0) is 19.0. The molecule has 2 aromatic heterocycles. The number of aromatic nitrogens is 2. The van der Waals surface area contributed by atoms with Gasteiger partial charge in [-0.15, -0.1) is 22.7 Å². The van der Waals surface area contributed by atoms with Crippen LogP contribution < -0.4 is 0 Å². The highest BCUT2D eigenvalue weighted by atomic mass is 32.1. The second-order valence-corrected chi connectivity index (χ2v) is 8.89. The molecule has 0 bridgehead atoms. The van der Waals surface area contributed by atoms with Crippen molar-refractivity contribution in [3.63, 3.8) is 0 Å². The topological polar surface area (TPSA) is 25.8 Å². The Morgan fingerprint density at radius 1 is 0.889 bits per heavy atom. The lowest BCUT2D eigenvalue weighted by Gasteiger charge is -2.03. The van der Waals surface area contributed by atoms with Gasteiger partial charge in [0, 0.05) is 21.4 Å². The molecule has 2 nitrogen and oxygen atoms in total. The smallest absolute Gasteiger partial charge is 0.153 e. The van der Waals surface area contributed by atoms with Crippen LogP contribution in [-0.4, -0.2) is 9.97 Å². The Morgan fingerprint density at radius 3 is 2.37 bits per heavy atom. The molecule has 0 unspecified atom stereocenters. The van der Waals surface area contributed by atoms with Gasteiger partial charge in [0.25, 0.3) is 0 Å². The lowest BCUT2D eigenvalue weighted by atomic mass is 10.0. The first-order chi connectivity index (χ1) is 13.0. The number of nitrogens with zero attached hydrogens (tertiary/aromatic N) is 2. The lowest BCUT2D eigenvalue weighted by Crippen LogP contribution is -1.85. The van der Waals surface area contributed by atoms with E-state index in [0.29, 0.717) is 0 Å². The molecule has 0 radical (unpaired) electrons. The molecule has 4 aromatic rings. The van der Waals surface area contributed by atoms with Crippen molar-refractivity contribution >= 4 is 22.7 Å². The Labute approximate surface area is 168 Å². The molecule has 2 heterocycles. The summed E-state index contributed by atoms with van der Waals surface area (Å²) < 4.78 is 0. The molecule has 0 saturated carbocycles. The fourth-order valence-corrected chi connectivity index (χ4v) is 5.04. The van der Waals surface area contributed by atoms with Gasteiger partial charge in [0.05, 0.1) is 11.4 Å². The summed E-state index contributed by atoms with van der Waals surface area (Å²) in [5.41, 5.74) is 8.38. The molecule has 27 heavy (non-hydrogen) atoms. The Bertz CT molecular complexity index is 1090. The Hall–Kier alpha value is -2.30. The summed E-state index contributed by atoms with van der Waals surface area (Å²) in [6, 6.07) is 15.2. The van der Waals surface area contributed by atoms with E-state index in [1.54, 1.807) is 22.7 Å². The molecule has 0 spiro atoms. The first kappa shape index (κ1) is 18.1. The van der Waals surface area contributed by atoms with Crippen LogP contribution in [0.15, 0.2) is 47.8 Å². The minimum atomic E-state index is 0.995. The molecule has 4 heteroatoms. The summed E-state index contributed by atoms with van der Waals surface area (Å²) in [4.78, 5) is 11.0. The quantitative estimate of drug-likeness (QED) is 0.372. The van der Waals surface area contributed by atoms with Crippen LogP contribution in [0.4, 0.5) is 0 Å². The zero-order valence-electron chi connectivity index (χ0n) is 16.0. The van der Waals surface area contributed by atoms with Crippen LogP contribution in [0.5, 0.6) is 0 Å². The summed E-state index contributed by atoms with van der Waals surface area (Å²) in [6.45, 7) is 8.59. The molecule has 0 N–H and O–H groups in total. The van der Waals surface area contributed by atoms with Crippen molar-refractivity contribution in [2.24, 2.45) is 0 Å². The lowest BCUT2D eigenvalue weighted by molar-refractivity contribution is 1.14. The van der Waals surface area contributed by atoms with Gasteiger partial charge in [0.1, 0.15) is 0 Å². The number of hydrogen-bond donors (Lipinski definition) is 0. The normalized spacial score (nSPS) is 11.1. The number of benzene rings is 2. The molecule has 2 aromatic carbocycles. The van der Waals surface area contributed by atoms with E-state index in [4.69, 9.17) is 9.97 Å². The molecule has 4 rings (SSSR count). The van der Waals surface area contributed by atoms with Crippen LogP contribution in [0, 0.1) is 20.8 Å². The summed E-state index contributed by atoms with van der Waals surface area (Å²) in [5, 5.41) is 4.14. The Kier molecular flexibility index (Phi) is 4.94. The molecule has 0 fully saturated rings. The van der Waals surface area contributed by atoms with Gasteiger partial charge in [0.2, 0.25) is 0 Å². The van der Waals surface area contributed by atoms with Gasteiger partial charge in [-0.3, -0.25) is 0 Å². The third-order valence-corrected chi connectivity index (χ3v) is 6.73. The van der Waals surface area contributed by atoms with E-state index in [-0.39, 0.29) is 0 Å². The van der Waals surface area contributed by atoms with E-state index in [1.807, 2.05) is 0 Å². The monoisotopic (exact) mass is 390 g/mol. The average Bonchev–Trinajstić information content (AvgIpc) is 3.29. The molecule has 0 amide bonds. The van der Waals surface area contributed by atoms with Gasteiger partial charge in [-0.1, -0.05) is 55.0 Å². The van der Waals surface area contributed by atoms with E-state index in [2.05, 4.69) is 75.5 Å². The summed E-state index contributed by atoms with van der Waals surface area (Å²) in [6.07, 6.45) is 1.06. The van der Waals surface area contributed by atoms with Crippen molar-refractivity contribution in [1.82, 2.24) is 9.97 Å². The van der Waals surface area contributed by atoms with Gasteiger partial charge in [-0.2, -0.15) is 0 Å². The SMILES string of the molecule is CCc1ccc(-c2nc(-c3nc(-c4ccc(C)cc4C)cs3)sc2C)cc1. The van der Waals surface area contributed by atoms with Crippen LogP contribution in [0.1, 0.15) is 28.5 Å². The minimum Gasteiger partial charge on any atom is -0.233 e. The van der Waals surface area contributed by atoms with Gasteiger partial charge < -0.3 is 0 Å². The predicted octanol–water partition coefficient (Wildman–Crippen LogP) is 7.09. The summed E-state index contributed by atoms with van der Waals surface area (Å²) in [7, 11) is 0. The number of rotatable bonds is 4. The standard InChI is InChI=1S/C23H22N2S2/c1-5-17-7-9-18(10-8-17)21-16(4)27-23(25-21)22-24-20(13-26-22)19-11-6-14(2)12-15(19)3/h6-13H,5H2,1-4H3. The third-order valence-electron chi connectivity index (χ3n) is 4.78. The highest BCUT2D eigenvalue weighted by molar-refractivity contribution is 7.21. The van der Waals surface area contributed by atoms with Crippen LogP contribution in [0.25, 0.3) is 32.5 Å². The number of aryl methyl sites for hydroxylation is 4. The van der Waals surface area contributed by atoms with E-state index >= 15 is 0 Å².